The van der Waals surface area contributed by atoms with Gasteiger partial charge in [0, 0.05) is 50.9 Å². The molecule has 1 aromatic carbocycles. The molecule has 0 saturated carbocycles. The van der Waals surface area contributed by atoms with Crippen LogP contribution in [0.25, 0.3) is 6.08 Å². The number of nitrogens with zero attached hydrogens (tertiary/aromatic N) is 3. The molecule has 2 bridgehead atoms. The van der Waals surface area contributed by atoms with Crippen molar-refractivity contribution in [2.75, 3.05) is 32.7 Å². The maximum absolute atomic E-state index is 13.2. The molecule has 6 nitrogen and oxygen atoms in total. The molecule has 3 aliphatic rings. The predicted octanol–water partition coefficient (Wildman–Crippen LogP) is 2.19. The third-order valence-corrected chi connectivity index (χ3v) is 6.83. The third kappa shape index (κ3) is 4.10. The van der Waals surface area contributed by atoms with Gasteiger partial charge in [0.2, 0.25) is 0 Å². The van der Waals surface area contributed by atoms with Crippen molar-refractivity contribution >= 4 is 12.0 Å². The first-order chi connectivity index (χ1) is 15.1. The van der Waals surface area contributed by atoms with Crippen LogP contribution in [0.2, 0.25) is 0 Å². The Kier molecular flexibility index (Phi) is 5.50. The number of carbonyl (C=O) groups is 1. The van der Waals surface area contributed by atoms with Gasteiger partial charge in [0.15, 0.2) is 0 Å². The van der Waals surface area contributed by atoms with E-state index in [0.717, 1.165) is 31.7 Å². The SMILES string of the molecule is O=C(c1ccc2n(c1=O)C[C@H]1C[C@@H]2CN(C/C=C/c2ccccc2)C1)N1CC[C@@H](O)C1. The van der Waals surface area contributed by atoms with Crippen molar-refractivity contribution < 1.29 is 9.90 Å². The number of β-amino-alcohol motifs (C(OH)–C–C–N with tert-alkyl or cyclic N) is 1. The van der Waals surface area contributed by atoms with Crippen molar-refractivity contribution in [2.45, 2.75) is 31.4 Å². The number of rotatable bonds is 4. The molecule has 2 saturated heterocycles. The molecular weight excluding hydrogens is 390 g/mol. The third-order valence-electron chi connectivity index (χ3n) is 6.83. The van der Waals surface area contributed by atoms with Crippen LogP contribution in [0.5, 0.6) is 0 Å². The molecule has 3 aliphatic heterocycles. The Morgan fingerprint density at radius 2 is 1.90 bits per heavy atom. The standard InChI is InChI=1S/C25H29N3O3/c29-21-10-12-27(17-21)24(30)22-8-9-23-20-13-19(15-28(23)25(22)31)14-26(16-20)11-4-7-18-5-2-1-3-6-18/h1-9,19-21,29H,10-17H2/b7-4+/t19-,20+,21+/m0/s1. The Morgan fingerprint density at radius 1 is 1.06 bits per heavy atom. The molecule has 6 heteroatoms. The number of aliphatic hydroxyl groups excluding tert-OH is 1. The van der Waals surface area contributed by atoms with Crippen LogP contribution in [-0.2, 0) is 6.54 Å². The van der Waals surface area contributed by atoms with Gasteiger partial charge >= 0.3 is 0 Å². The second-order valence-electron chi connectivity index (χ2n) is 9.11. The topological polar surface area (TPSA) is 65.8 Å². The first-order valence-electron chi connectivity index (χ1n) is 11.2. The van der Waals surface area contributed by atoms with Crippen LogP contribution in [0.1, 0.15) is 40.4 Å². The van der Waals surface area contributed by atoms with Gasteiger partial charge in [-0.15, -0.1) is 0 Å². The lowest BCUT2D eigenvalue weighted by atomic mass is 9.83. The van der Waals surface area contributed by atoms with Gasteiger partial charge in [-0.25, -0.2) is 0 Å². The molecule has 0 spiro atoms. The number of fused-ring (bicyclic) bond motifs is 4. The highest BCUT2D eigenvalue weighted by molar-refractivity contribution is 5.94. The minimum absolute atomic E-state index is 0.170. The summed E-state index contributed by atoms with van der Waals surface area (Å²) in [5.74, 6) is 0.497. The fourth-order valence-electron chi connectivity index (χ4n) is 5.36. The highest BCUT2D eigenvalue weighted by Crippen LogP contribution is 2.35. The lowest BCUT2D eigenvalue weighted by Gasteiger charge is -2.42. The van der Waals surface area contributed by atoms with E-state index in [1.54, 1.807) is 11.0 Å². The molecule has 1 amide bonds. The fourth-order valence-corrected chi connectivity index (χ4v) is 5.36. The number of likely N-dealkylation sites (tertiary alicyclic amines) is 2. The van der Waals surface area contributed by atoms with E-state index in [0.29, 0.717) is 37.9 Å². The molecule has 0 aliphatic carbocycles. The van der Waals surface area contributed by atoms with Crippen LogP contribution in [0.15, 0.2) is 53.3 Å². The van der Waals surface area contributed by atoms with Crippen molar-refractivity contribution in [3.05, 3.63) is 75.7 Å². The lowest BCUT2D eigenvalue weighted by Crippen LogP contribution is -2.48. The van der Waals surface area contributed by atoms with E-state index < -0.39 is 6.10 Å². The van der Waals surface area contributed by atoms with Gasteiger partial charge in [-0.1, -0.05) is 42.5 Å². The number of hydrogen-bond acceptors (Lipinski definition) is 4. The fraction of sp³-hybridized carbons (Fsp3) is 0.440. The van der Waals surface area contributed by atoms with Gasteiger partial charge in [-0.05, 0) is 36.5 Å². The maximum Gasteiger partial charge on any atom is 0.263 e. The Bertz CT molecular complexity index is 1050. The van der Waals surface area contributed by atoms with Gasteiger partial charge in [0.25, 0.3) is 11.5 Å². The molecule has 162 valence electrons. The van der Waals surface area contributed by atoms with Crippen LogP contribution in [-0.4, -0.2) is 64.2 Å². The summed E-state index contributed by atoms with van der Waals surface area (Å²) in [5, 5.41) is 9.73. The van der Waals surface area contributed by atoms with Crippen molar-refractivity contribution in [1.82, 2.24) is 14.4 Å². The highest BCUT2D eigenvalue weighted by Gasteiger charge is 2.35. The van der Waals surface area contributed by atoms with Crippen molar-refractivity contribution in [3.8, 4) is 0 Å². The first kappa shape index (κ1) is 20.2. The molecule has 0 unspecified atom stereocenters. The van der Waals surface area contributed by atoms with E-state index in [2.05, 4.69) is 29.2 Å². The van der Waals surface area contributed by atoms with Gasteiger partial charge in [-0.2, -0.15) is 0 Å². The molecule has 3 atom stereocenters. The number of aromatic nitrogens is 1. The van der Waals surface area contributed by atoms with Gasteiger partial charge in [-0.3, -0.25) is 14.5 Å². The molecule has 0 radical (unpaired) electrons. The highest BCUT2D eigenvalue weighted by atomic mass is 16.3. The summed E-state index contributed by atoms with van der Waals surface area (Å²) in [6.45, 7) is 4.31. The van der Waals surface area contributed by atoms with Crippen LogP contribution in [0.4, 0.5) is 0 Å². The zero-order chi connectivity index (χ0) is 21.4. The number of pyridine rings is 1. The monoisotopic (exact) mass is 419 g/mol. The second kappa shape index (κ2) is 8.44. The molecule has 2 aromatic rings. The van der Waals surface area contributed by atoms with Crippen LogP contribution >= 0.6 is 0 Å². The van der Waals surface area contributed by atoms with Crippen LogP contribution in [0, 0.1) is 5.92 Å². The molecule has 4 heterocycles. The van der Waals surface area contributed by atoms with Crippen LogP contribution in [0.3, 0.4) is 0 Å². The molecule has 5 rings (SSSR count). The summed E-state index contributed by atoms with van der Waals surface area (Å²) in [6, 6.07) is 14.0. The number of piperidine rings is 1. The Morgan fingerprint density at radius 3 is 2.68 bits per heavy atom. The van der Waals surface area contributed by atoms with Crippen LogP contribution < -0.4 is 5.56 Å². The molecule has 1 aromatic heterocycles. The summed E-state index contributed by atoms with van der Waals surface area (Å²) < 4.78 is 1.84. The maximum atomic E-state index is 13.2. The smallest absolute Gasteiger partial charge is 0.263 e. The van der Waals surface area contributed by atoms with Crippen molar-refractivity contribution in [3.63, 3.8) is 0 Å². The zero-order valence-corrected chi connectivity index (χ0v) is 17.7. The molecule has 2 fully saturated rings. The molecule has 1 N–H and O–H groups in total. The number of amides is 1. The normalized spacial score (nSPS) is 25.7. The van der Waals surface area contributed by atoms with Crippen molar-refractivity contribution in [1.29, 1.82) is 0 Å². The number of benzene rings is 1. The van der Waals surface area contributed by atoms with Gasteiger partial charge in [0.1, 0.15) is 5.56 Å². The molecule has 31 heavy (non-hydrogen) atoms. The minimum Gasteiger partial charge on any atom is -0.391 e. The van der Waals surface area contributed by atoms with Gasteiger partial charge in [0.05, 0.1) is 6.10 Å². The predicted molar refractivity (Wildman–Crippen MR) is 120 cm³/mol. The second-order valence-corrected chi connectivity index (χ2v) is 9.11. The van der Waals surface area contributed by atoms with E-state index in [1.807, 2.05) is 28.8 Å². The average Bonchev–Trinajstić information content (AvgIpc) is 3.21. The van der Waals surface area contributed by atoms with Crippen molar-refractivity contribution in [2.24, 2.45) is 5.92 Å². The van der Waals surface area contributed by atoms with E-state index in [4.69, 9.17) is 0 Å². The summed E-state index contributed by atoms with van der Waals surface area (Å²) in [6.07, 6.45) is 5.58. The Balaban J connectivity index is 1.31. The molecular formula is C25H29N3O3. The van der Waals surface area contributed by atoms with E-state index in [1.165, 1.54) is 5.56 Å². The van der Waals surface area contributed by atoms with E-state index >= 15 is 0 Å². The zero-order valence-electron chi connectivity index (χ0n) is 17.7. The van der Waals surface area contributed by atoms with Gasteiger partial charge < -0.3 is 14.6 Å². The average molecular weight is 420 g/mol. The minimum atomic E-state index is -0.481. The quantitative estimate of drug-likeness (QED) is 0.825. The largest absolute Gasteiger partial charge is 0.391 e. The number of hydrogen-bond donors (Lipinski definition) is 1. The Labute approximate surface area is 182 Å². The number of aliphatic hydroxyl groups is 1. The van der Waals surface area contributed by atoms with E-state index in [-0.39, 0.29) is 17.0 Å². The summed E-state index contributed by atoms with van der Waals surface area (Å²) in [5.41, 5.74) is 2.33. The Hall–Kier alpha value is -2.70. The first-order valence-corrected chi connectivity index (χ1v) is 11.2. The number of carbonyl (C=O) groups excluding carboxylic acids is 1. The summed E-state index contributed by atoms with van der Waals surface area (Å²) in [4.78, 5) is 30.0. The summed E-state index contributed by atoms with van der Waals surface area (Å²) in [7, 11) is 0. The van der Waals surface area contributed by atoms with E-state index in [9.17, 15) is 14.7 Å². The lowest BCUT2D eigenvalue weighted by molar-refractivity contribution is 0.0760. The summed E-state index contributed by atoms with van der Waals surface area (Å²) >= 11 is 0.